The minimum atomic E-state index is -4.02. The van der Waals surface area contributed by atoms with Crippen LogP contribution >= 0.6 is 0 Å². The fourth-order valence-electron chi connectivity index (χ4n) is 1.65. The van der Waals surface area contributed by atoms with Gasteiger partial charge in [-0.2, -0.15) is 13.2 Å². The number of hydrogen-bond acceptors (Lipinski definition) is 2. The Morgan fingerprint density at radius 1 is 1.12 bits per heavy atom. The van der Waals surface area contributed by atoms with E-state index in [1.54, 1.807) is 0 Å². The Morgan fingerprint density at radius 3 is 2.29 bits per heavy atom. The van der Waals surface area contributed by atoms with Crippen LogP contribution in [0.2, 0.25) is 0 Å². The Bertz CT molecular complexity index is 181. The van der Waals surface area contributed by atoms with E-state index in [0.717, 1.165) is 25.8 Å². The van der Waals surface area contributed by atoms with Crippen LogP contribution in [0.4, 0.5) is 13.2 Å². The molecule has 5 heteroatoms. The van der Waals surface area contributed by atoms with Crippen molar-refractivity contribution < 1.29 is 13.2 Å². The van der Waals surface area contributed by atoms with Crippen LogP contribution in [0.25, 0.3) is 0 Å². The molecule has 0 aromatic heterocycles. The van der Waals surface area contributed by atoms with Gasteiger partial charge in [-0.3, -0.25) is 0 Å². The molecule has 0 saturated carbocycles. The number of rotatable bonds is 9. The molecule has 104 valence electrons. The van der Waals surface area contributed by atoms with Gasteiger partial charge in [0.25, 0.3) is 0 Å². The normalized spacial score (nSPS) is 15.9. The molecule has 0 aliphatic carbocycles. The second-order valence-electron chi connectivity index (χ2n) is 4.94. The maximum absolute atomic E-state index is 11.8. The molecule has 0 radical (unpaired) electrons. The van der Waals surface area contributed by atoms with Gasteiger partial charge in [-0.1, -0.05) is 13.3 Å². The predicted molar refractivity (Wildman–Crippen MR) is 64.8 cm³/mol. The van der Waals surface area contributed by atoms with Crippen LogP contribution in [0.1, 0.15) is 46.0 Å². The van der Waals surface area contributed by atoms with E-state index < -0.39 is 12.6 Å². The summed E-state index contributed by atoms with van der Waals surface area (Å²) in [6.07, 6.45) is -1.38. The number of halogens is 3. The van der Waals surface area contributed by atoms with Crippen LogP contribution in [-0.2, 0) is 0 Å². The summed E-state index contributed by atoms with van der Waals surface area (Å²) >= 11 is 0. The zero-order valence-corrected chi connectivity index (χ0v) is 10.8. The first-order chi connectivity index (χ1) is 7.81. The topological polar surface area (TPSA) is 38.0 Å². The summed E-state index contributed by atoms with van der Waals surface area (Å²) in [6, 6.07) is 0.238. The lowest BCUT2D eigenvalue weighted by atomic mass is 10.0. The highest BCUT2D eigenvalue weighted by molar-refractivity contribution is 4.61. The zero-order valence-electron chi connectivity index (χ0n) is 10.8. The van der Waals surface area contributed by atoms with E-state index in [1.165, 1.54) is 0 Å². The number of nitrogens with two attached hydrogens (primary N) is 1. The average molecular weight is 254 g/mol. The summed E-state index contributed by atoms with van der Waals surface area (Å²) in [4.78, 5) is 0. The minimum Gasteiger partial charge on any atom is -0.328 e. The van der Waals surface area contributed by atoms with Crippen molar-refractivity contribution in [3.05, 3.63) is 0 Å². The molecule has 0 aromatic rings. The highest BCUT2D eigenvalue weighted by Gasteiger charge is 2.25. The predicted octanol–water partition coefficient (Wildman–Crippen LogP) is 3.07. The van der Waals surface area contributed by atoms with Gasteiger partial charge in [-0.05, 0) is 45.2 Å². The summed E-state index contributed by atoms with van der Waals surface area (Å²) in [5.74, 6) is 0.500. The molecule has 0 heterocycles. The quantitative estimate of drug-likeness (QED) is 0.621. The monoisotopic (exact) mass is 254 g/mol. The molecule has 0 amide bonds. The largest absolute Gasteiger partial charge is 0.389 e. The van der Waals surface area contributed by atoms with Gasteiger partial charge in [0.15, 0.2) is 0 Å². The van der Waals surface area contributed by atoms with E-state index in [1.807, 2.05) is 6.92 Å². The van der Waals surface area contributed by atoms with E-state index >= 15 is 0 Å². The van der Waals surface area contributed by atoms with Gasteiger partial charge in [0.2, 0.25) is 0 Å². The third-order valence-electron chi connectivity index (χ3n) is 2.66. The number of nitrogens with one attached hydrogen (secondary N) is 1. The number of alkyl halides is 3. The molecular weight excluding hydrogens is 229 g/mol. The summed E-state index contributed by atoms with van der Waals surface area (Å²) in [6.45, 7) is 5.33. The van der Waals surface area contributed by atoms with Crippen molar-refractivity contribution in [1.29, 1.82) is 0 Å². The molecule has 0 aliphatic rings. The van der Waals surface area contributed by atoms with Gasteiger partial charge in [-0.15, -0.1) is 0 Å². The lowest BCUT2D eigenvalue weighted by Crippen LogP contribution is -2.24. The van der Waals surface area contributed by atoms with Gasteiger partial charge in [0.1, 0.15) is 0 Å². The Balaban J connectivity index is 3.30. The third-order valence-corrected chi connectivity index (χ3v) is 2.66. The van der Waals surface area contributed by atoms with Crippen LogP contribution < -0.4 is 11.1 Å². The van der Waals surface area contributed by atoms with Crippen LogP contribution in [0.15, 0.2) is 0 Å². The first kappa shape index (κ1) is 16.7. The highest BCUT2D eigenvalue weighted by atomic mass is 19.4. The van der Waals surface area contributed by atoms with Crippen LogP contribution in [0.5, 0.6) is 0 Å². The second-order valence-corrected chi connectivity index (χ2v) is 4.94. The SMILES string of the molecule is CC(N)CCCC(C)CNCCCC(F)(F)F. The van der Waals surface area contributed by atoms with Crippen molar-refractivity contribution in [3.63, 3.8) is 0 Å². The maximum atomic E-state index is 11.8. The molecule has 0 aliphatic heterocycles. The van der Waals surface area contributed by atoms with Crippen molar-refractivity contribution >= 4 is 0 Å². The molecule has 2 nitrogen and oxygen atoms in total. The lowest BCUT2D eigenvalue weighted by Gasteiger charge is -2.13. The van der Waals surface area contributed by atoms with Crippen molar-refractivity contribution in [2.75, 3.05) is 13.1 Å². The summed E-state index contributed by atoms with van der Waals surface area (Å²) in [5, 5.41) is 3.06. The number of hydrogen-bond donors (Lipinski definition) is 2. The van der Waals surface area contributed by atoms with Gasteiger partial charge >= 0.3 is 6.18 Å². The maximum Gasteiger partial charge on any atom is 0.389 e. The highest BCUT2D eigenvalue weighted by Crippen LogP contribution is 2.20. The molecule has 0 bridgehead atoms. The van der Waals surface area contributed by atoms with E-state index in [2.05, 4.69) is 12.2 Å². The fourth-order valence-corrected chi connectivity index (χ4v) is 1.65. The summed E-state index contributed by atoms with van der Waals surface area (Å²) in [7, 11) is 0. The summed E-state index contributed by atoms with van der Waals surface area (Å²) in [5.41, 5.74) is 5.64. The van der Waals surface area contributed by atoms with E-state index in [-0.39, 0.29) is 12.5 Å². The first-order valence-corrected chi connectivity index (χ1v) is 6.34. The second kappa shape index (κ2) is 8.75. The molecule has 0 saturated heterocycles. The van der Waals surface area contributed by atoms with Crippen molar-refractivity contribution in [1.82, 2.24) is 5.32 Å². The van der Waals surface area contributed by atoms with Gasteiger partial charge < -0.3 is 11.1 Å². The van der Waals surface area contributed by atoms with Gasteiger partial charge in [0, 0.05) is 12.5 Å². The third kappa shape index (κ3) is 13.6. The molecule has 0 rings (SSSR count). The van der Waals surface area contributed by atoms with E-state index in [0.29, 0.717) is 12.5 Å². The fraction of sp³-hybridized carbons (Fsp3) is 1.00. The van der Waals surface area contributed by atoms with E-state index in [4.69, 9.17) is 5.73 Å². The Morgan fingerprint density at radius 2 is 1.76 bits per heavy atom. The van der Waals surface area contributed by atoms with Crippen LogP contribution in [-0.4, -0.2) is 25.3 Å². The zero-order chi connectivity index (χ0) is 13.3. The first-order valence-electron chi connectivity index (χ1n) is 6.34. The van der Waals surface area contributed by atoms with E-state index in [9.17, 15) is 13.2 Å². The van der Waals surface area contributed by atoms with Crippen molar-refractivity contribution in [2.45, 2.75) is 58.2 Å². The van der Waals surface area contributed by atoms with Crippen molar-refractivity contribution in [2.24, 2.45) is 11.7 Å². The molecule has 0 aromatic carbocycles. The molecule has 17 heavy (non-hydrogen) atoms. The smallest absolute Gasteiger partial charge is 0.328 e. The minimum absolute atomic E-state index is 0.163. The standard InChI is InChI=1S/C12H25F3N2/c1-10(5-3-6-11(2)16)9-17-8-4-7-12(13,14)15/h10-11,17H,3-9,16H2,1-2H3. The molecular formula is C12H25F3N2. The molecule has 3 N–H and O–H groups in total. The molecule has 0 fully saturated rings. The average Bonchev–Trinajstić information content (AvgIpc) is 2.14. The molecule has 2 unspecified atom stereocenters. The van der Waals surface area contributed by atoms with Crippen molar-refractivity contribution in [3.8, 4) is 0 Å². The molecule has 2 atom stereocenters. The lowest BCUT2D eigenvalue weighted by molar-refractivity contribution is -0.135. The Hall–Kier alpha value is -0.290. The summed E-state index contributed by atoms with van der Waals surface area (Å²) < 4.78 is 35.5. The molecule has 0 spiro atoms. The van der Waals surface area contributed by atoms with Gasteiger partial charge in [-0.25, -0.2) is 0 Å². The van der Waals surface area contributed by atoms with Gasteiger partial charge in [0.05, 0.1) is 0 Å². The Kier molecular flexibility index (Phi) is 8.60. The van der Waals surface area contributed by atoms with Crippen LogP contribution in [0.3, 0.4) is 0 Å². The Labute approximate surface area is 102 Å². The van der Waals surface area contributed by atoms with Crippen LogP contribution in [0, 0.1) is 5.92 Å².